The van der Waals surface area contributed by atoms with Crippen molar-refractivity contribution in [3.8, 4) is 0 Å². The van der Waals surface area contributed by atoms with Gasteiger partial charge < -0.3 is 4.90 Å². The van der Waals surface area contributed by atoms with E-state index in [1.807, 2.05) is 55.5 Å². The van der Waals surface area contributed by atoms with Crippen molar-refractivity contribution in [1.82, 2.24) is 13.8 Å². The topological polar surface area (TPSA) is 47.2 Å². The van der Waals surface area contributed by atoms with Gasteiger partial charge in [0.25, 0.3) is 5.56 Å². The number of aromatic nitrogens is 2. The third kappa shape index (κ3) is 4.78. The fraction of sp³-hybridized carbons (Fsp3) is 0.400. The van der Waals surface area contributed by atoms with Crippen LogP contribution in [0.15, 0.2) is 53.3 Å². The Balaban J connectivity index is 1.44. The monoisotopic (exact) mass is 467 g/mol. The average Bonchev–Trinajstić information content (AvgIpc) is 2.82. The van der Waals surface area contributed by atoms with Gasteiger partial charge in [-0.3, -0.25) is 18.5 Å². The summed E-state index contributed by atoms with van der Waals surface area (Å²) in [5, 5.41) is 0.726. The lowest BCUT2D eigenvalue weighted by atomic mass is 9.88. The number of ketones is 1. The highest BCUT2D eigenvalue weighted by atomic mass is 32.1. The summed E-state index contributed by atoms with van der Waals surface area (Å²) in [7, 11) is 0.524. The van der Waals surface area contributed by atoms with Crippen LogP contribution in [-0.2, 0) is 6.54 Å². The Morgan fingerprint density at radius 3 is 2.44 bits per heavy atom. The van der Waals surface area contributed by atoms with E-state index >= 15 is 0 Å². The number of para-hydroxylation sites is 1. The van der Waals surface area contributed by atoms with Crippen LogP contribution in [0.4, 0.5) is 0 Å². The van der Waals surface area contributed by atoms with Crippen LogP contribution in [0.3, 0.4) is 0 Å². The molecule has 1 aromatic heterocycles. The van der Waals surface area contributed by atoms with Crippen LogP contribution >= 0.6 is 20.9 Å². The molecule has 1 atom stereocenters. The minimum Gasteiger partial charge on any atom is -0.302 e. The van der Waals surface area contributed by atoms with Crippen molar-refractivity contribution in [3.63, 3.8) is 0 Å². The van der Waals surface area contributed by atoms with Gasteiger partial charge in [0.1, 0.15) is 0 Å². The first-order chi connectivity index (χ1) is 15.5. The Kier molecular flexibility index (Phi) is 7.34. The minimum atomic E-state index is -0.00723. The SMILES string of the molecule is CCPn1c(=S)n(CCN2CCC(C(=O)c3ccc(C)cc3)CC2)c(=O)c2ccccc21. The van der Waals surface area contributed by atoms with Crippen LogP contribution in [0.25, 0.3) is 10.9 Å². The lowest BCUT2D eigenvalue weighted by Crippen LogP contribution is -2.39. The van der Waals surface area contributed by atoms with E-state index in [1.54, 1.807) is 4.57 Å². The number of carbonyl (C=O) groups excluding carboxylic acids is 1. The molecule has 1 aliphatic heterocycles. The predicted molar refractivity (Wildman–Crippen MR) is 136 cm³/mol. The van der Waals surface area contributed by atoms with Gasteiger partial charge in [-0.05, 0) is 72.1 Å². The third-order valence-electron chi connectivity index (χ3n) is 6.29. The maximum atomic E-state index is 13.1. The van der Waals surface area contributed by atoms with Crippen LogP contribution < -0.4 is 5.56 Å². The number of rotatable bonds is 7. The number of hydrogen-bond acceptors (Lipinski definition) is 4. The number of carbonyl (C=O) groups is 1. The number of nitrogens with zero attached hydrogens (tertiary/aromatic N) is 3. The molecule has 2 heterocycles. The van der Waals surface area contributed by atoms with Gasteiger partial charge in [-0.15, -0.1) is 0 Å². The molecule has 7 heteroatoms. The van der Waals surface area contributed by atoms with Crippen LogP contribution in [-0.4, -0.2) is 45.4 Å². The highest BCUT2D eigenvalue weighted by Crippen LogP contribution is 2.23. The molecule has 0 saturated carbocycles. The first-order valence-corrected chi connectivity index (χ1v) is 12.9. The van der Waals surface area contributed by atoms with Gasteiger partial charge in [0.2, 0.25) is 0 Å². The molecular formula is C25H30N3O2PS. The van der Waals surface area contributed by atoms with E-state index in [1.165, 1.54) is 5.56 Å². The second-order valence-electron chi connectivity index (χ2n) is 8.45. The summed E-state index contributed by atoms with van der Waals surface area (Å²) < 4.78 is 4.47. The molecular weight excluding hydrogens is 437 g/mol. The Labute approximate surface area is 195 Å². The molecule has 4 rings (SSSR count). The number of hydrogen-bond donors (Lipinski definition) is 0. The molecule has 3 aromatic rings. The summed E-state index contributed by atoms with van der Waals surface area (Å²) in [6.07, 6.45) is 2.70. The Bertz CT molecular complexity index is 1220. The molecule has 0 spiro atoms. The minimum absolute atomic E-state index is 0.00723. The number of likely N-dealkylation sites (tertiary alicyclic amines) is 1. The number of aryl methyl sites for hydroxylation is 1. The Morgan fingerprint density at radius 2 is 1.75 bits per heavy atom. The molecule has 5 nitrogen and oxygen atoms in total. The summed E-state index contributed by atoms with van der Waals surface area (Å²) in [6.45, 7) is 7.25. The number of benzene rings is 2. The standard InChI is InChI=1S/C25H30N3O2PS/c1-3-31-28-22-7-5-4-6-21(22)24(30)27(25(28)32)17-16-26-14-12-20(13-15-26)23(29)19-10-8-18(2)9-11-19/h4-11,20,31H,3,12-17H2,1-2H3. The van der Waals surface area contributed by atoms with Gasteiger partial charge in [0, 0.05) is 24.6 Å². The van der Waals surface area contributed by atoms with Gasteiger partial charge in [-0.25, -0.2) is 0 Å². The summed E-state index contributed by atoms with van der Waals surface area (Å²) in [6, 6.07) is 15.6. The second kappa shape index (κ2) is 10.2. The maximum Gasteiger partial charge on any atom is 0.262 e. The van der Waals surface area contributed by atoms with E-state index in [9.17, 15) is 9.59 Å². The first-order valence-electron chi connectivity index (χ1n) is 11.3. The number of Topliss-reactive ketones (excluding diaryl/α,β-unsaturated/α-hetero) is 1. The molecule has 1 unspecified atom stereocenters. The molecule has 0 radical (unpaired) electrons. The second-order valence-corrected chi connectivity index (χ2v) is 10.3. The van der Waals surface area contributed by atoms with Crippen LogP contribution in [0.5, 0.6) is 0 Å². The lowest BCUT2D eigenvalue weighted by molar-refractivity contribution is 0.0837. The highest BCUT2D eigenvalue weighted by molar-refractivity contribution is 7.71. The molecule has 1 fully saturated rings. The smallest absolute Gasteiger partial charge is 0.262 e. The van der Waals surface area contributed by atoms with E-state index in [0.29, 0.717) is 20.0 Å². The Hall–Kier alpha value is -2.14. The summed E-state index contributed by atoms with van der Waals surface area (Å²) in [5.41, 5.74) is 2.90. The molecule has 0 N–H and O–H groups in total. The number of piperidine rings is 1. The van der Waals surface area contributed by atoms with Crippen molar-refractivity contribution in [2.45, 2.75) is 33.2 Å². The third-order valence-corrected chi connectivity index (χ3v) is 7.94. The fourth-order valence-electron chi connectivity index (χ4n) is 4.43. The quantitative estimate of drug-likeness (QED) is 0.282. The fourth-order valence-corrected chi connectivity index (χ4v) is 5.83. The Morgan fingerprint density at radius 1 is 1.06 bits per heavy atom. The summed E-state index contributed by atoms with van der Waals surface area (Å²) >= 11 is 5.73. The molecule has 32 heavy (non-hydrogen) atoms. The highest BCUT2D eigenvalue weighted by Gasteiger charge is 2.25. The molecule has 168 valence electrons. The van der Waals surface area contributed by atoms with E-state index in [-0.39, 0.29) is 17.3 Å². The van der Waals surface area contributed by atoms with E-state index in [2.05, 4.69) is 16.2 Å². The normalized spacial score (nSPS) is 15.7. The maximum absolute atomic E-state index is 13.1. The summed E-state index contributed by atoms with van der Waals surface area (Å²) in [4.78, 5) is 28.3. The zero-order chi connectivity index (χ0) is 22.7. The van der Waals surface area contributed by atoms with Gasteiger partial charge in [-0.2, -0.15) is 0 Å². The molecule has 1 saturated heterocycles. The van der Waals surface area contributed by atoms with Gasteiger partial charge >= 0.3 is 0 Å². The van der Waals surface area contributed by atoms with Gasteiger partial charge in [0.05, 0.1) is 10.9 Å². The van der Waals surface area contributed by atoms with Crippen LogP contribution in [0, 0.1) is 17.6 Å². The van der Waals surface area contributed by atoms with Crippen molar-refractivity contribution in [3.05, 3.63) is 74.8 Å². The molecule has 1 aliphatic rings. The largest absolute Gasteiger partial charge is 0.302 e. The first kappa shape index (κ1) is 23.0. The van der Waals surface area contributed by atoms with Gasteiger partial charge in [-0.1, -0.05) is 48.9 Å². The predicted octanol–water partition coefficient (Wildman–Crippen LogP) is 4.90. The van der Waals surface area contributed by atoms with Crippen LogP contribution in [0.2, 0.25) is 0 Å². The van der Waals surface area contributed by atoms with E-state index in [0.717, 1.165) is 55.1 Å². The lowest BCUT2D eigenvalue weighted by Gasteiger charge is -2.31. The zero-order valence-electron chi connectivity index (χ0n) is 18.7. The van der Waals surface area contributed by atoms with Crippen molar-refractivity contribution in [1.29, 1.82) is 0 Å². The van der Waals surface area contributed by atoms with Gasteiger partial charge in [0.15, 0.2) is 10.6 Å². The van der Waals surface area contributed by atoms with Crippen molar-refractivity contribution in [2.75, 3.05) is 25.8 Å². The van der Waals surface area contributed by atoms with E-state index in [4.69, 9.17) is 12.2 Å². The van der Waals surface area contributed by atoms with E-state index < -0.39 is 0 Å². The molecule has 0 amide bonds. The molecule has 0 aliphatic carbocycles. The zero-order valence-corrected chi connectivity index (χ0v) is 20.5. The average molecular weight is 468 g/mol. The molecule has 0 bridgehead atoms. The van der Waals surface area contributed by atoms with Crippen molar-refractivity contribution >= 4 is 37.6 Å². The van der Waals surface area contributed by atoms with Crippen molar-refractivity contribution in [2.24, 2.45) is 5.92 Å². The summed E-state index contributed by atoms with van der Waals surface area (Å²) in [5.74, 6) is 0.338. The van der Waals surface area contributed by atoms with Crippen molar-refractivity contribution < 1.29 is 4.79 Å². The van der Waals surface area contributed by atoms with Crippen LogP contribution in [0.1, 0.15) is 35.7 Å². The molecule has 2 aromatic carbocycles. The number of fused-ring (bicyclic) bond motifs is 1.